The zero-order valence-electron chi connectivity index (χ0n) is 18.0. The Morgan fingerprint density at radius 1 is 0.487 bits per heavy atom. The van der Waals surface area contributed by atoms with Crippen LogP contribution in [0.2, 0.25) is 0 Å². The second-order valence-electron chi connectivity index (χ2n) is 5.00. The summed E-state index contributed by atoms with van der Waals surface area (Å²) in [6.45, 7) is 0. The van der Waals surface area contributed by atoms with Gasteiger partial charge in [0, 0.05) is 0 Å². The van der Waals surface area contributed by atoms with Crippen LogP contribution in [-0.4, -0.2) is 111 Å². The average Bonchev–Trinajstić information content (AvgIpc) is 2.48. The molecular formula is C7H13AlF12O15S4. The molecule has 32 heteroatoms. The fourth-order valence-corrected chi connectivity index (χ4v) is 0. The molecule has 0 bridgehead atoms. The molecule has 0 unspecified atom stereocenters. The van der Waals surface area contributed by atoms with E-state index in [-0.39, 0.29) is 0 Å². The van der Waals surface area contributed by atoms with Crippen LogP contribution in [0.15, 0.2) is 0 Å². The molecule has 0 saturated carbocycles. The third-order valence-electron chi connectivity index (χ3n) is 1.17. The Kier molecular flexibility index (Phi) is 23.9. The quantitative estimate of drug-likeness (QED) is 0.0864. The first-order valence-corrected chi connectivity index (χ1v) is 13.5. The average molecular weight is 720 g/mol. The summed E-state index contributed by atoms with van der Waals surface area (Å²) in [5, 5.41) is 0. The first kappa shape index (κ1) is 50.7. The van der Waals surface area contributed by atoms with Crippen LogP contribution in [0.5, 0.6) is 0 Å². The van der Waals surface area contributed by atoms with Gasteiger partial charge in [0.15, 0.2) is 0 Å². The Morgan fingerprint density at radius 3 is 0.513 bits per heavy atom. The van der Waals surface area contributed by atoms with Gasteiger partial charge >= 0.3 is 86.0 Å². The molecule has 0 amide bonds. The standard InChI is InChI=1S/C3H9O.4CHF3O3S.Al.2O/c1-4(2)3;4*2-1(3,4)8(5,6)7;;;/h1-3H3;4*(H,5,6,7);;;/q+1;;;;;;;-1. The van der Waals surface area contributed by atoms with E-state index in [1.54, 1.807) is 0 Å². The first-order valence-electron chi connectivity index (χ1n) is 6.84. The van der Waals surface area contributed by atoms with Crippen molar-refractivity contribution in [2.24, 2.45) is 0 Å². The molecule has 242 valence electrons. The molecule has 15 nitrogen and oxygen atoms in total. The maximum atomic E-state index is 10.7. The van der Waals surface area contributed by atoms with Crippen molar-refractivity contribution in [3.8, 4) is 0 Å². The Balaban J connectivity index is -0.0000000862. The molecule has 0 rings (SSSR count). The van der Waals surface area contributed by atoms with Crippen LogP contribution in [0.1, 0.15) is 0 Å². The van der Waals surface area contributed by atoms with E-state index in [0.29, 0.717) is 0 Å². The van der Waals surface area contributed by atoms with Crippen LogP contribution >= 0.6 is 0 Å². The van der Waals surface area contributed by atoms with Gasteiger partial charge in [0.25, 0.3) is 0 Å². The van der Waals surface area contributed by atoms with Crippen LogP contribution < -0.4 is 4.16 Å². The summed E-state index contributed by atoms with van der Waals surface area (Å²) in [6.07, 6.45) is 0. The molecule has 0 aromatic rings. The zero-order valence-corrected chi connectivity index (χ0v) is 22.4. The molecule has 0 aliphatic carbocycles. The molecule has 0 spiro atoms. The number of hydrogen-bond acceptors (Lipinski definition) is 10. The predicted octanol–water partition coefficient (Wildman–Crippen LogP) is 0.316. The van der Waals surface area contributed by atoms with Crippen molar-refractivity contribution in [2.75, 3.05) is 21.3 Å². The Hall–Kier alpha value is -1.11. The molecule has 0 radical (unpaired) electrons. The minimum atomic E-state index is -5.84. The molecule has 0 saturated heterocycles. The third-order valence-corrected chi connectivity index (χ3v) is 3.51. The fourth-order valence-electron chi connectivity index (χ4n) is 0. The minimum absolute atomic E-state index is 1.75. The van der Waals surface area contributed by atoms with E-state index in [4.69, 9.17) is 59.8 Å². The van der Waals surface area contributed by atoms with Crippen molar-refractivity contribution in [3.05, 3.63) is 0 Å². The van der Waals surface area contributed by atoms with Gasteiger partial charge in [-0.25, -0.2) is 0 Å². The molecule has 0 aliphatic heterocycles. The van der Waals surface area contributed by atoms with Gasteiger partial charge in [-0.1, -0.05) is 0 Å². The second kappa shape index (κ2) is 18.4. The van der Waals surface area contributed by atoms with Gasteiger partial charge in [0.2, 0.25) is 0 Å². The van der Waals surface area contributed by atoms with Crippen molar-refractivity contribution < 1.29 is 117 Å². The van der Waals surface area contributed by atoms with Crippen LogP contribution in [0.3, 0.4) is 0 Å². The van der Waals surface area contributed by atoms with Gasteiger partial charge in [-0.05, 0) is 0 Å². The molecule has 0 atom stereocenters. The second-order valence-corrected chi connectivity index (χ2v) is 10.8. The molecule has 0 aromatic heterocycles. The van der Waals surface area contributed by atoms with Gasteiger partial charge in [0.05, 0.1) is 0 Å². The van der Waals surface area contributed by atoms with Crippen molar-refractivity contribution >= 4 is 56.0 Å². The summed E-state index contributed by atoms with van der Waals surface area (Å²) >= 11 is -1.75. The van der Waals surface area contributed by atoms with Crippen LogP contribution in [0.4, 0.5) is 52.7 Å². The van der Waals surface area contributed by atoms with Gasteiger partial charge in [-0.15, -0.1) is 0 Å². The van der Waals surface area contributed by atoms with E-state index >= 15 is 0 Å². The Morgan fingerprint density at radius 2 is 0.513 bits per heavy atom. The van der Waals surface area contributed by atoms with E-state index in [1.807, 2.05) is 21.3 Å². The maximum absolute atomic E-state index is 10.7. The molecule has 39 heavy (non-hydrogen) atoms. The molecular weight excluding hydrogens is 707 g/mol. The SMILES string of the molecule is C[O+](C)C.O=S(=O)(O)C(F)(F)F.O=S(=O)(O)C(F)(F)F.O=S(=O)(O)C(F)(F)F.O=S(=O)(O)C(F)(F)F.[O]=[Al][O-]. The number of halogens is 12. The van der Waals surface area contributed by atoms with Gasteiger partial charge < -0.3 is 4.37 Å². The predicted molar refractivity (Wildman–Crippen MR) is 95.7 cm³/mol. The van der Waals surface area contributed by atoms with E-state index in [2.05, 4.69) is 4.37 Å². The topological polar surface area (TPSA) is 260 Å². The number of rotatable bonds is 0. The molecule has 0 aromatic carbocycles. The molecule has 4 N–H and O–H groups in total. The van der Waals surface area contributed by atoms with Crippen LogP contribution in [0.25, 0.3) is 0 Å². The monoisotopic (exact) mass is 720 g/mol. The van der Waals surface area contributed by atoms with E-state index in [9.17, 15) is 52.7 Å². The van der Waals surface area contributed by atoms with Gasteiger partial charge in [-0.3, -0.25) is 18.2 Å². The first-order chi connectivity index (χ1) is 16.1. The Labute approximate surface area is 216 Å². The summed E-state index contributed by atoms with van der Waals surface area (Å²) in [7, 11) is -17.6. The molecule has 0 heterocycles. The summed E-state index contributed by atoms with van der Waals surface area (Å²) in [4.78, 5) is 0. The normalized spacial score (nSPS) is 12.6. The summed E-state index contributed by atoms with van der Waals surface area (Å²) < 4.78 is 250. The molecule has 0 fully saturated rings. The number of hydrogen-bond donors (Lipinski definition) is 4. The van der Waals surface area contributed by atoms with E-state index < -0.39 is 78.0 Å². The van der Waals surface area contributed by atoms with Crippen LogP contribution in [0, 0.1) is 0 Å². The summed E-state index contributed by atoms with van der Waals surface area (Å²) in [5.41, 5.74) is -22.1. The summed E-state index contributed by atoms with van der Waals surface area (Å²) in [5.74, 6) is 0. The van der Waals surface area contributed by atoms with E-state index in [0.717, 1.165) is 0 Å². The van der Waals surface area contributed by atoms with Gasteiger partial charge in [0.1, 0.15) is 21.3 Å². The Bertz CT molecular complexity index is 929. The fraction of sp³-hybridized carbons (Fsp3) is 1.00. The summed E-state index contributed by atoms with van der Waals surface area (Å²) in [6, 6.07) is 0. The van der Waals surface area contributed by atoms with Gasteiger partial charge in [-0.2, -0.15) is 86.4 Å². The van der Waals surface area contributed by atoms with Crippen LogP contribution in [-0.2, 0) is 48.6 Å². The van der Waals surface area contributed by atoms with Crippen molar-refractivity contribution in [3.63, 3.8) is 0 Å². The van der Waals surface area contributed by atoms with E-state index in [1.165, 1.54) is 0 Å². The van der Waals surface area contributed by atoms with Crippen molar-refractivity contribution in [2.45, 2.75) is 22.0 Å². The van der Waals surface area contributed by atoms with Crippen molar-refractivity contribution in [1.82, 2.24) is 0 Å². The molecule has 0 aliphatic rings. The van der Waals surface area contributed by atoms with Crippen molar-refractivity contribution in [1.29, 1.82) is 0 Å². The zero-order chi connectivity index (χ0) is 34.3. The number of alkyl halides is 12. The third kappa shape index (κ3) is 36.9.